The van der Waals surface area contributed by atoms with Gasteiger partial charge in [-0.25, -0.2) is 0 Å². The zero-order valence-electron chi connectivity index (χ0n) is 12.1. The van der Waals surface area contributed by atoms with Crippen LogP contribution in [0, 0.1) is 11.3 Å². The predicted octanol–water partition coefficient (Wildman–Crippen LogP) is 1.81. The first-order chi connectivity index (χ1) is 8.54. The van der Waals surface area contributed by atoms with E-state index in [1.165, 1.54) is 0 Å². The van der Waals surface area contributed by atoms with Crippen LogP contribution >= 0.6 is 12.4 Å². The lowest BCUT2D eigenvalue weighted by atomic mass is 10.1. The van der Waals surface area contributed by atoms with E-state index in [2.05, 4.69) is 13.8 Å². The average Bonchev–Trinajstić information content (AvgIpc) is 2.99. The van der Waals surface area contributed by atoms with E-state index in [0.717, 1.165) is 45.4 Å². The van der Waals surface area contributed by atoms with E-state index >= 15 is 0 Å². The average molecular weight is 291 g/mol. The van der Waals surface area contributed by atoms with Crippen LogP contribution in [-0.4, -0.2) is 43.2 Å². The summed E-state index contributed by atoms with van der Waals surface area (Å²) in [6.45, 7) is 7.52. The SMILES string of the molecule is CC1(C)CC1C(=O)N1CCC(OCCCN)CC1.Cl. The predicted molar refractivity (Wildman–Crippen MR) is 78.4 cm³/mol. The number of rotatable bonds is 5. The molecule has 0 aromatic carbocycles. The lowest BCUT2D eigenvalue weighted by Gasteiger charge is -2.32. The van der Waals surface area contributed by atoms with E-state index in [1.807, 2.05) is 4.90 Å². The van der Waals surface area contributed by atoms with Crippen LogP contribution in [0.5, 0.6) is 0 Å². The van der Waals surface area contributed by atoms with Gasteiger partial charge in [0.15, 0.2) is 0 Å². The summed E-state index contributed by atoms with van der Waals surface area (Å²) in [6.07, 6.45) is 4.26. The quantitative estimate of drug-likeness (QED) is 0.786. The summed E-state index contributed by atoms with van der Waals surface area (Å²) >= 11 is 0. The molecule has 0 aromatic rings. The molecule has 0 aromatic heterocycles. The molecular weight excluding hydrogens is 264 g/mol. The highest BCUT2D eigenvalue weighted by Gasteiger charge is 2.52. The number of nitrogens with zero attached hydrogens (tertiary/aromatic N) is 1. The third-order valence-corrected chi connectivity index (χ3v) is 4.27. The molecule has 0 spiro atoms. The maximum absolute atomic E-state index is 12.2. The molecule has 112 valence electrons. The Bertz CT molecular complexity index is 302. The largest absolute Gasteiger partial charge is 0.378 e. The summed E-state index contributed by atoms with van der Waals surface area (Å²) in [5.41, 5.74) is 5.68. The molecule has 1 saturated carbocycles. The van der Waals surface area contributed by atoms with E-state index in [1.54, 1.807) is 0 Å². The highest BCUT2D eigenvalue weighted by Crippen LogP contribution is 2.52. The summed E-state index contributed by atoms with van der Waals surface area (Å²) in [7, 11) is 0. The number of amides is 1. The second kappa shape index (κ2) is 6.91. The van der Waals surface area contributed by atoms with E-state index < -0.39 is 0 Å². The first-order valence-corrected chi connectivity index (χ1v) is 7.15. The molecule has 19 heavy (non-hydrogen) atoms. The molecule has 1 aliphatic carbocycles. The van der Waals surface area contributed by atoms with Gasteiger partial charge in [-0.2, -0.15) is 0 Å². The van der Waals surface area contributed by atoms with Crippen LogP contribution in [0.4, 0.5) is 0 Å². The molecule has 0 bridgehead atoms. The molecule has 2 N–H and O–H groups in total. The monoisotopic (exact) mass is 290 g/mol. The van der Waals surface area contributed by atoms with Gasteiger partial charge in [-0.15, -0.1) is 12.4 Å². The van der Waals surface area contributed by atoms with Crippen molar-refractivity contribution in [2.45, 2.75) is 45.6 Å². The summed E-state index contributed by atoms with van der Waals surface area (Å²) in [5.74, 6) is 0.632. The number of carbonyl (C=O) groups is 1. The topological polar surface area (TPSA) is 55.6 Å². The fraction of sp³-hybridized carbons (Fsp3) is 0.929. The Labute approximate surface area is 122 Å². The molecule has 4 nitrogen and oxygen atoms in total. The highest BCUT2D eigenvalue weighted by atomic mass is 35.5. The molecule has 0 radical (unpaired) electrons. The molecule has 1 heterocycles. The first-order valence-electron chi connectivity index (χ1n) is 7.15. The minimum Gasteiger partial charge on any atom is -0.378 e. The summed E-state index contributed by atoms with van der Waals surface area (Å²) in [6, 6.07) is 0. The Morgan fingerprint density at radius 1 is 1.37 bits per heavy atom. The van der Waals surface area contributed by atoms with E-state index in [4.69, 9.17) is 10.5 Å². The molecule has 1 aliphatic heterocycles. The highest BCUT2D eigenvalue weighted by molar-refractivity contribution is 5.85. The molecule has 1 saturated heterocycles. The molecule has 5 heteroatoms. The van der Waals surface area contributed by atoms with Gasteiger partial charge in [-0.05, 0) is 37.6 Å². The second-order valence-electron chi connectivity index (χ2n) is 6.28. The normalized spacial score (nSPS) is 25.8. The maximum atomic E-state index is 12.2. The van der Waals surface area contributed by atoms with Crippen molar-refractivity contribution in [1.82, 2.24) is 4.90 Å². The fourth-order valence-electron chi connectivity index (χ4n) is 2.69. The Balaban J connectivity index is 0.00000180. The van der Waals surface area contributed by atoms with Gasteiger partial charge in [0, 0.05) is 25.6 Å². The molecule has 2 fully saturated rings. The van der Waals surface area contributed by atoms with Crippen LogP contribution in [-0.2, 0) is 9.53 Å². The number of hydrogen-bond donors (Lipinski definition) is 1. The van der Waals surface area contributed by atoms with Gasteiger partial charge in [0.05, 0.1) is 6.10 Å². The van der Waals surface area contributed by atoms with Crippen molar-refractivity contribution in [2.75, 3.05) is 26.2 Å². The van der Waals surface area contributed by atoms with E-state index in [0.29, 0.717) is 18.6 Å². The van der Waals surface area contributed by atoms with Gasteiger partial charge < -0.3 is 15.4 Å². The van der Waals surface area contributed by atoms with Crippen LogP contribution in [0.1, 0.15) is 39.5 Å². The third-order valence-electron chi connectivity index (χ3n) is 4.27. The number of ether oxygens (including phenoxy) is 1. The molecule has 2 rings (SSSR count). The lowest BCUT2D eigenvalue weighted by molar-refractivity contribution is -0.136. The first kappa shape index (κ1) is 16.7. The van der Waals surface area contributed by atoms with Crippen molar-refractivity contribution in [1.29, 1.82) is 0 Å². The number of carbonyl (C=O) groups excluding carboxylic acids is 1. The number of piperidine rings is 1. The Kier molecular flexibility index (Phi) is 6.09. The van der Waals surface area contributed by atoms with Crippen LogP contribution in [0.15, 0.2) is 0 Å². The van der Waals surface area contributed by atoms with Crippen LogP contribution in [0.25, 0.3) is 0 Å². The van der Waals surface area contributed by atoms with E-state index in [9.17, 15) is 4.79 Å². The van der Waals surface area contributed by atoms with Crippen molar-refractivity contribution in [3.63, 3.8) is 0 Å². The van der Waals surface area contributed by atoms with Crippen LogP contribution in [0.3, 0.4) is 0 Å². The van der Waals surface area contributed by atoms with Gasteiger partial charge in [0.2, 0.25) is 5.91 Å². The lowest BCUT2D eigenvalue weighted by Crippen LogP contribution is -2.42. The number of nitrogens with two attached hydrogens (primary N) is 1. The Morgan fingerprint density at radius 2 is 1.95 bits per heavy atom. The molecule has 1 atom stereocenters. The summed E-state index contributed by atoms with van der Waals surface area (Å²) in [5, 5.41) is 0. The van der Waals surface area contributed by atoms with Crippen LogP contribution < -0.4 is 5.73 Å². The van der Waals surface area contributed by atoms with Gasteiger partial charge in [-0.1, -0.05) is 13.8 Å². The number of hydrogen-bond acceptors (Lipinski definition) is 3. The number of halogens is 1. The smallest absolute Gasteiger partial charge is 0.226 e. The van der Waals surface area contributed by atoms with Crippen LogP contribution in [0.2, 0.25) is 0 Å². The molecule has 2 aliphatic rings. The maximum Gasteiger partial charge on any atom is 0.226 e. The van der Waals surface area contributed by atoms with Crippen molar-refractivity contribution >= 4 is 18.3 Å². The van der Waals surface area contributed by atoms with Gasteiger partial charge >= 0.3 is 0 Å². The molecule has 1 unspecified atom stereocenters. The van der Waals surface area contributed by atoms with Crippen molar-refractivity contribution < 1.29 is 9.53 Å². The Morgan fingerprint density at radius 3 is 2.42 bits per heavy atom. The Hall–Kier alpha value is -0.320. The minimum atomic E-state index is 0. The summed E-state index contributed by atoms with van der Waals surface area (Å²) < 4.78 is 5.75. The van der Waals surface area contributed by atoms with E-state index in [-0.39, 0.29) is 23.7 Å². The van der Waals surface area contributed by atoms with Crippen molar-refractivity contribution in [3.05, 3.63) is 0 Å². The zero-order chi connectivity index (χ0) is 13.2. The second-order valence-corrected chi connectivity index (χ2v) is 6.28. The van der Waals surface area contributed by atoms with Gasteiger partial charge in [0.1, 0.15) is 0 Å². The minimum absolute atomic E-state index is 0. The van der Waals surface area contributed by atoms with Crippen molar-refractivity contribution in [3.8, 4) is 0 Å². The van der Waals surface area contributed by atoms with Gasteiger partial charge in [0.25, 0.3) is 0 Å². The van der Waals surface area contributed by atoms with Crippen molar-refractivity contribution in [2.24, 2.45) is 17.1 Å². The standard InChI is InChI=1S/C14H26N2O2.ClH/c1-14(2)10-12(14)13(17)16-7-4-11(5-8-16)18-9-3-6-15;/h11-12H,3-10,15H2,1-2H3;1H. The third kappa shape index (κ3) is 4.33. The van der Waals surface area contributed by atoms with Gasteiger partial charge in [-0.3, -0.25) is 4.79 Å². The number of likely N-dealkylation sites (tertiary alicyclic amines) is 1. The fourth-order valence-corrected chi connectivity index (χ4v) is 2.69. The molecule has 1 amide bonds. The molecular formula is C14H27ClN2O2. The zero-order valence-corrected chi connectivity index (χ0v) is 12.9. The summed E-state index contributed by atoms with van der Waals surface area (Å²) in [4.78, 5) is 14.2.